The molecule has 0 aliphatic heterocycles. The first kappa shape index (κ1) is 12.4. The minimum Gasteiger partial charge on any atom is -0.104 e. The van der Waals surface area contributed by atoms with Crippen LogP contribution in [-0.4, -0.2) is 18.0 Å². The molecular weight excluding hydrogens is 163 g/mol. The van der Waals surface area contributed by atoms with Crippen LogP contribution in [0.3, 0.4) is 0 Å². The fourth-order valence-electron chi connectivity index (χ4n) is 1.75. The summed E-state index contributed by atoms with van der Waals surface area (Å²) >= 11 is 0. The first-order valence-electron chi connectivity index (χ1n) is 5.39. The summed E-state index contributed by atoms with van der Waals surface area (Å²) < 4.78 is 0. The average Bonchev–Trinajstić information content (AvgIpc) is 2.06. The van der Waals surface area contributed by atoms with Crippen molar-refractivity contribution in [1.82, 2.24) is 0 Å². The van der Waals surface area contributed by atoms with Crippen molar-refractivity contribution < 1.29 is 0 Å². The van der Waals surface area contributed by atoms with E-state index in [1.807, 2.05) is 0 Å². The molecule has 0 aliphatic rings. The standard InChI is InChI=1S/C11H25P/c1-6-10(4)9-11(5)12(7-2)8-3/h10-11H,6-9H2,1-5H3. The normalized spacial score (nSPS) is 16.5. The van der Waals surface area contributed by atoms with Gasteiger partial charge >= 0.3 is 0 Å². The second-order valence-electron chi connectivity index (χ2n) is 3.82. The Hall–Kier alpha value is 0.430. The summed E-state index contributed by atoms with van der Waals surface area (Å²) in [7, 11) is 0.344. The first-order valence-corrected chi connectivity index (χ1v) is 7.17. The van der Waals surface area contributed by atoms with Crippen LogP contribution in [0, 0.1) is 5.92 Å². The topological polar surface area (TPSA) is 0 Å². The maximum absolute atomic E-state index is 2.45. The Kier molecular flexibility index (Phi) is 7.14. The van der Waals surface area contributed by atoms with E-state index in [0.717, 1.165) is 11.6 Å². The number of rotatable bonds is 6. The van der Waals surface area contributed by atoms with Gasteiger partial charge in [-0.3, -0.25) is 0 Å². The van der Waals surface area contributed by atoms with Crippen molar-refractivity contribution in [3.05, 3.63) is 0 Å². The highest BCUT2D eigenvalue weighted by Crippen LogP contribution is 2.43. The highest BCUT2D eigenvalue weighted by Gasteiger charge is 2.14. The van der Waals surface area contributed by atoms with Gasteiger partial charge in [-0.15, -0.1) is 7.92 Å². The van der Waals surface area contributed by atoms with Crippen molar-refractivity contribution in [2.45, 2.75) is 53.1 Å². The van der Waals surface area contributed by atoms with E-state index < -0.39 is 0 Å². The second-order valence-corrected chi connectivity index (χ2v) is 7.14. The van der Waals surface area contributed by atoms with E-state index in [1.165, 1.54) is 25.2 Å². The molecule has 0 aromatic heterocycles. The lowest BCUT2D eigenvalue weighted by atomic mass is 10.0. The molecule has 0 radical (unpaired) electrons. The van der Waals surface area contributed by atoms with Crippen molar-refractivity contribution in [2.24, 2.45) is 5.92 Å². The van der Waals surface area contributed by atoms with Crippen LogP contribution in [0.25, 0.3) is 0 Å². The highest BCUT2D eigenvalue weighted by atomic mass is 31.1. The Balaban J connectivity index is 3.75. The molecule has 0 heterocycles. The molecule has 0 aromatic rings. The molecule has 0 saturated heterocycles. The predicted octanol–water partition coefficient (Wildman–Crippen LogP) is 4.33. The molecule has 0 nitrogen and oxygen atoms in total. The first-order chi connectivity index (χ1) is 5.65. The summed E-state index contributed by atoms with van der Waals surface area (Å²) in [6, 6.07) is 0. The van der Waals surface area contributed by atoms with Crippen molar-refractivity contribution in [2.75, 3.05) is 12.3 Å². The third kappa shape index (κ3) is 4.45. The Morgan fingerprint density at radius 2 is 1.50 bits per heavy atom. The van der Waals surface area contributed by atoms with Crippen LogP contribution in [0.15, 0.2) is 0 Å². The maximum Gasteiger partial charge on any atom is -0.0235 e. The lowest BCUT2D eigenvalue weighted by Crippen LogP contribution is -2.08. The zero-order valence-electron chi connectivity index (χ0n) is 9.43. The molecule has 0 aromatic carbocycles. The van der Waals surface area contributed by atoms with Crippen molar-refractivity contribution in [3.63, 3.8) is 0 Å². The highest BCUT2D eigenvalue weighted by molar-refractivity contribution is 7.58. The lowest BCUT2D eigenvalue weighted by Gasteiger charge is -2.24. The lowest BCUT2D eigenvalue weighted by molar-refractivity contribution is 0.512. The van der Waals surface area contributed by atoms with E-state index in [9.17, 15) is 0 Å². The summed E-state index contributed by atoms with van der Waals surface area (Å²) in [5.74, 6) is 0.933. The Morgan fingerprint density at radius 1 is 1.00 bits per heavy atom. The van der Waals surface area contributed by atoms with Crippen molar-refractivity contribution in [1.29, 1.82) is 0 Å². The predicted molar refractivity (Wildman–Crippen MR) is 61.5 cm³/mol. The summed E-state index contributed by atoms with van der Waals surface area (Å²) in [4.78, 5) is 0. The Bertz CT molecular complexity index is 97.2. The molecule has 0 spiro atoms. The van der Waals surface area contributed by atoms with Crippen LogP contribution < -0.4 is 0 Å². The molecular formula is C11H25P. The minimum absolute atomic E-state index is 0.344. The SMILES string of the molecule is CCC(C)CC(C)P(CC)CC. The monoisotopic (exact) mass is 188 g/mol. The van der Waals surface area contributed by atoms with Crippen LogP contribution in [0.5, 0.6) is 0 Å². The third-order valence-electron chi connectivity index (χ3n) is 2.88. The van der Waals surface area contributed by atoms with E-state index in [4.69, 9.17) is 0 Å². The van der Waals surface area contributed by atoms with Crippen LogP contribution in [0.4, 0.5) is 0 Å². The fraction of sp³-hybridized carbons (Fsp3) is 1.00. The second kappa shape index (κ2) is 6.89. The molecule has 2 atom stereocenters. The number of hydrogen-bond donors (Lipinski definition) is 0. The molecule has 0 aliphatic carbocycles. The van der Waals surface area contributed by atoms with Gasteiger partial charge in [0.05, 0.1) is 0 Å². The maximum atomic E-state index is 2.45. The molecule has 0 fully saturated rings. The van der Waals surface area contributed by atoms with E-state index in [0.29, 0.717) is 7.92 Å². The molecule has 0 amide bonds. The molecule has 1 heteroatoms. The van der Waals surface area contributed by atoms with Crippen LogP contribution in [-0.2, 0) is 0 Å². The van der Waals surface area contributed by atoms with Crippen LogP contribution in [0.1, 0.15) is 47.5 Å². The summed E-state index contributed by atoms with van der Waals surface area (Å²) in [6.45, 7) is 11.8. The van der Waals surface area contributed by atoms with Crippen molar-refractivity contribution >= 4 is 7.92 Å². The van der Waals surface area contributed by atoms with Gasteiger partial charge in [0.1, 0.15) is 0 Å². The number of hydrogen-bond acceptors (Lipinski definition) is 0. The van der Waals surface area contributed by atoms with Gasteiger partial charge in [-0.2, -0.15) is 0 Å². The van der Waals surface area contributed by atoms with Gasteiger partial charge in [-0.25, -0.2) is 0 Å². The molecule has 0 saturated carbocycles. The largest absolute Gasteiger partial charge is 0.104 e. The molecule has 74 valence electrons. The smallest absolute Gasteiger partial charge is 0.0235 e. The van der Waals surface area contributed by atoms with Gasteiger partial charge in [0, 0.05) is 0 Å². The zero-order chi connectivity index (χ0) is 9.56. The van der Waals surface area contributed by atoms with E-state index in [-0.39, 0.29) is 0 Å². The zero-order valence-corrected chi connectivity index (χ0v) is 10.3. The van der Waals surface area contributed by atoms with Gasteiger partial charge < -0.3 is 0 Å². The minimum atomic E-state index is 0.344. The average molecular weight is 188 g/mol. The van der Waals surface area contributed by atoms with E-state index in [1.54, 1.807) is 0 Å². The third-order valence-corrected chi connectivity index (χ3v) is 5.96. The molecule has 2 unspecified atom stereocenters. The van der Waals surface area contributed by atoms with Crippen LogP contribution in [0.2, 0.25) is 0 Å². The van der Waals surface area contributed by atoms with Gasteiger partial charge in [0.15, 0.2) is 0 Å². The molecule has 0 bridgehead atoms. The van der Waals surface area contributed by atoms with Gasteiger partial charge in [0.25, 0.3) is 0 Å². The quantitative estimate of drug-likeness (QED) is 0.544. The summed E-state index contributed by atoms with van der Waals surface area (Å²) in [5, 5.41) is 0. The van der Waals surface area contributed by atoms with Gasteiger partial charge in [0.2, 0.25) is 0 Å². The van der Waals surface area contributed by atoms with Gasteiger partial charge in [-0.1, -0.05) is 41.0 Å². The molecule has 0 rings (SSSR count). The Morgan fingerprint density at radius 3 is 1.83 bits per heavy atom. The summed E-state index contributed by atoms with van der Waals surface area (Å²) in [6.07, 6.45) is 5.64. The Labute approximate surface area is 79.9 Å². The molecule has 12 heavy (non-hydrogen) atoms. The van der Waals surface area contributed by atoms with Crippen LogP contribution >= 0.6 is 7.92 Å². The summed E-state index contributed by atoms with van der Waals surface area (Å²) in [5.41, 5.74) is 0.991. The fourth-order valence-corrected chi connectivity index (χ4v) is 4.10. The van der Waals surface area contributed by atoms with Gasteiger partial charge in [-0.05, 0) is 30.3 Å². The van der Waals surface area contributed by atoms with E-state index >= 15 is 0 Å². The van der Waals surface area contributed by atoms with E-state index in [2.05, 4.69) is 34.6 Å². The molecule has 0 N–H and O–H groups in total. The van der Waals surface area contributed by atoms with Crippen molar-refractivity contribution in [3.8, 4) is 0 Å².